The van der Waals surface area contributed by atoms with E-state index in [0.29, 0.717) is 17.4 Å². The number of benzene rings is 2. The summed E-state index contributed by atoms with van der Waals surface area (Å²) in [6.45, 7) is 2.55. The Hall–Kier alpha value is -2.66. The highest BCUT2D eigenvalue weighted by molar-refractivity contribution is 7.80. The molecule has 4 rings (SSSR count). The molecular formula is C28H35N3OS. The monoisotopic (exact) mass is 461 g/mol. The molecule has 0 spiro atoms. The van der Waals surface area contributed by atoms with E-state index in [1.54, 1.807) is 0 Å². The Labute approximate surface area is 203 Å². The molecule has 2 aromatic rings. The van der Waals surface area contributed by atoms with Gasteiger partial charge in [-0.25, -0.2) is 0 Å². The SMILES string of the molecule is O=C(CCCCNC(=S)NC(c1ccccc1)c1ccccc1)N1CCC2CCCC=C2C1. The summed E-state index contributed by atoms with van der Waals surface area (Å²) in [5.74, 6) is 1.03. The van der Waals surface area contributed by atoms with Gasteiger partial charge in [0.2, 0.25) is 5.91 Å². The highest BCUT2D eigenvalue weighted by Gasteiger charge is 2.27. The number of thiocarbonyl (C=S) groups is 1. The highest BCUT2D eigenvalue weighted by Crippen LogP contribution is 2.32. The van der Waals surface area contributed by atoms with Crippen molar-refractivity contribution in [2.75, 3.05) is 19.6 Å². The van der Waals surface area contributed by atoms with E-state index in [4.69, 9.17) is 12.2 Å². The molecule has 4 nitrogen and oxygen atoms in total. The van der Waals surface area contributed by atoms with Gasteiger partial charge in [-0.3, -0.25) is 4.79 Å². The maximum absolute atomic E-state index is 12.7. The Kier molecular flexibility index (Phi) is 8.53. The van der Waals surface area contributed by atoms with Crippen molar-refractivity contribution in [1.29, 1.82) is 0 Å². The fraction of sp³-hybridized carbons (Fsp3) is 0.429. The summed E-state index contributed by atoms with van der Waals surface area (Å²) in [5, 5.41) is 7.44. The van der Waals surface area contributed by atoms with Gasteiger partial charge in [-0.1, -0.05) is 72.3 Å². The van der Waals surface area contributed by atoms with Crippen LogP contribution in [-0.2, 0) is 4.79 Å². The van der Waals surface area contributed by atoms with Gasteiger partial charge < -0.3 is 15.5 Å². The molecule has 174 valence electrons. The van der Waals surface area contributed by atoms with Gasteiger partial charge in [-0.15, -0.1) is 0 Å². The van der Waals surface area contributed by atoms with Crippen LogP contribution in [0.25, 0.3) is 0 Å². The number of hydrogen-bond acceptors (Lipinski definition) is 2. The molecule has 0 aromatic heterocycles. The Bertz CT molecular complexity index is 905. The van der Waals surface area contributed by atoms with Crippen molar-refractivity contribution in [2.45, 2.75) is 51.0 Å². The number of hydrogen-bond donors (Lipinski definition) is 2. The maximum Gasteiger partial charge on any atom is 0.222 e. The number of rotatable bonds is 8. The fourth-order valence-corrected chi connectivity index (χ4v) is 5.16. The summed E-state index contributed by atoms with van der Waals surface area (Å²) in [4.78, 5) is 14.7. The normalized spacial score (nSPS) is 17.8. The second-order valence-corrected chi connectivity index (χ2v) is 9.53. The molecule has 1 aliphatic heterocycles. The molecule has 5 heteroatoms. The van der Waals surface area contributed by atoms with Crippen LogP contribution in [-0.4, -0.2) is 35.6 Å². The van der Waals surface area contributed by atoms with Crippen LogP contribution in [0.1, 0.15) is 62.1 Å². The van der Waals surface area contributed by atoms with Crippen LogP contribution >= 0.6 is 12.2 Å². The maximum atomic E-state index is 12.7. The Morgan fingerprint density at radius 3 is 2.39 bits per heavy atom. The second-order valence-electron chi connectivity index (χ2n) is 9.12. The second kappa shape index (κ2) is 12.0. The number of allylic oxidation sites excluding steroid dienone is 1. The molecule has 2 N–H and O–H groups in total. The van der Waals surface area contributed by atoms with Gasteiger partial charge in [0, 0.05) is 26.1 Å². The first-order valence-corrected chi connectivity index (χ1v) is 12.7. The number of nitrogens with zero attached hydrogens (tertiary/aromatic N) is 1. The van der Waals surface area contributed by atoms with Crippen LogP contribution in [0.15, 0.2) is 72.3 Å². The number of fused-ring (bicyclic) bond motifs is 1. The first-order chi connectivity index (χ1) is 16.2. The molecule has 1 heterocycles. The number of carbonyl (C=O) groups is 1. The minimum absolute atomic E-state index is 0.00555. The number of unbranched alkanes of at least 4 members (excludes halogenated alkanes) is 1. The number of amides is 1. The van der Waals surface area contributed by atoms with E-state index in [1.807, 2.05) is 36.4 Å². The highest BCUT2D eigenvalue weighted by atomic mass is 32.1. The lowest BCUT2D eigenvalue weighted by atomic mass is 9.82. The minimum atomic E-state index is 0.00555. The molecule has 0 radical (unpaired) electrons. The van der Waals surface area contributed by atoms with E-state index in [2.05, 4.69) is 45.9 Å². The largest absolute Gasteiger partial charge is 0.363 e. The molecule has 2 aliphatic rings. The lowest BCUT2D eigenvalue weighted by Gasteiger charge is -2.36. The summed E-state index contributed by atoms with van der Waals surface area (Å²) >= 11 is 5.58. The molecule has 1 fully saturated rings. The van der Waals surface area contributed by atoms with Gasteiger partial charge in [0.25, 0.3) is 0 Å². The van der Waals surface area contributed by atoms with E-state index >= 15 is 0 Å². The van der Waals surface area contributed by atoms with Crippen molar-refractivity contribution in [3.05, 3.63) is 83.4 Å². The zero-order valence-electron chi connectivity index (χ0n) is 19.3. The lowest BCUT2D eigenvalue weighted by molar-refractivity contribution is -0.131. The van der Waals surface area contributed by atoms with Crippen LogP contribution in [0.4, 0.5) is 0 Å². The van der Waals surface area contributed by atoms with Gasteiger partial charge in [0.15, 0.2) is 5.11 Å². The molecule has 1 amide bonds. The van der Waals surface area contributed by atoms with Gasteiger partial charge in [-0.2, -0.15) is 0 Å². The standard InChI is InChI=1S/C28H35N3OS/c32-26(31-20-18-22-11-7-8-16-25(22)21-31)17-9-10-19-29-28(33)30-27(23-12-3-1-4-13-23)24-14-5-2-6-15-24/h1-6,12-16,22,27H,7-11,17-21H2,(H2,29,30,33). The van der Waals surface area contributed by atoms with E-state index in [0.717, 1.165) is 44.8 Å². The summed E-state index contributed by atoms with van der Waals surface area (Å²) in [7, 11) is 0. The summed E-state index contributed by atoms with van der Waals surface area (Å²) < 4.78 is 0. The third-order valence-electron chi connectivity index (χ3n) is 6.81. The summed E-state index contributed by atoms with van der Waals surface area (Å²) in [5.41, 5.74) is 3.86. The van der Waals surface area contributed by atoms with Crippen molar-refractivity contribution in [1.82, 2.24) is 15.5 Å². The zero-order chi connectivity index (χ0) is 22.9. The van der Waals surface area contributed by atoms with Crippen LogP contribution < -0.4 is 10.6 Å². The van der Waals surface area contributed by atoms with Crippen molar-refractivity contribution in [2.24, 2.45) is 5.92 Å². The number of nitrogens with one attached hydrogen (secondary N) is 2. The zero-order valence-corrected chi connectivity index (χ0v) is 20.2. The Morgan fingerprint density at radius 1 is 1.00 bits per heavy atom. The predicted octanol–water partition coefficient (Wildman–Crippen LogP) is 5.37. The first-order valence-electron chi connectivity index (χ1n) is 12.3. The van der Waals surface area contributed by atoms with E-state index in [-0.39, 0.29) is 6.04 Å². The van der Waals surface area contributed by atoms with E-state index in [1.165, 1.54) is 36.0 Å². The molecule has 0 saturated carbocycles. The van der Waals surface area contributed by atoms with E-state index < -0.39 is 0 Å². The average molecular weight is 462 g/mol. The van der Waals surface area contributed by atoms with Crippen LogP contribution in [0, 0.1) is 5.92 Å². The van der Waals surface area contributed by atoms with Crippen molar-refractivity contribution in [3.63, 3.8) is 0 Å². The molecule has 2 aromatic carbocycles. The quantitative estimate of drug-likeness (QED) is 0.315. The van der Waals surface area contributed by atoms with Gasteiger partial charge in [0.05, 0.1) is 6.04 Å². The molecule has 0 bridgehead atoms. The summed E-state index contributed by atoms with van der Waals surface area (Å²) in [6.07, 6.45) is 9.75. The number of likely N-dealkylation sites (tertiary alicyclic amines) is 1. The Balaban J connectivity index is 1.19. The molecule has 1 atom stereocenters. The van der Waals surface area contributed by atoms with Gasteiger partial charge >= 0.3 is 0 Å². The third kappa shape index (κ3) is 6.67. The molecule has 1 unspecified atom stereocenters. The van der Waals surface area contributed by atoms with Crippen molar-refractivity contribution < 1.29 is 4.79 Å². The average Bonchev–Trinajstić information content (AvgIpc) is 2.87. The topological polar surface area (TPSA) is 44.4 Å². The summed E-state index contributed by atoms with van der Waals surface area (Å²) in [6, 6.07) is 20.7. The predicted molar refractivity (Wildman–Crippen MR) is 139 cm³/mol. The van der Waals surface area contributed by atoms with Crippen molar-refractivity contribution in [3.8, 4) is 0 Å². The number of carbonyl (C=O) groups excluding carboxylic acids is 1. The minimum Gasteiger partial charge on any atom is -0.363 e. The van der Waals surface area contributed by atoms with Crippen LogP contribution in [0.2, 0.25) is 0 Å². The number of piperidine rings is 1. The smallest absolute Gasteiger partial charge is 0.222 e. The third-order valence-corrected chi connectivity index (χ3v) is 7.07. The molecule has 1 aliphatic carbocycles. The first kappa shape index (κ1) is 23.5. The molecule has 1 saturated heterocycles. The van der Waals surface area contributed by atoms with E-state index in [9.17, 15) is 4.79 Å². The Morgan fingerprint density at radius 2 is 1.70 bits per heavy atom. The molecular weight excluding hydrogens is 426 g/mol. The van der Waals surface area contributed by atoms with Gasteiger partial charge in [-0.05, 0) is 67.8 Å². The van der Waals surface area contributed by atoms with Gasteiger partial charge in [0.1, 0.15) is 0 Å². The van der Waals surface area contributed by atoms with Crippen molar-refractivity contribution >= 4 is 23.2 Å². The fourth-order valence-electron chi connectivity index (χ4n) is 4.94. The van der Waals surface area contributed by atoms with Crippen LogP contribution in [0.3, 0.4) is 0 Å². The molecule has 33 heavy (non-hydrogen) atoms. The lowest BCUT2D eigenvalue weighted by Crippen LogP contribution is -2.40. The van der Waals surface area contributed by atoms with Crippen LogP contribution in [0.5, 0.6) is 0 Å².